The van der Waals surface area contributed by atoms with Gasteiger partial charge in [0.15, 0.2) is 11.5 Å². The van der Waals surface area contributed by atoms with Gasteiger partial charge in [-0.25, -0.2) is 9.18 Å². The van der Waals surface area contributed by atoms with Crippen molar-refractivity contribution < 1.29 is 28.6 Å². The van der Waals surface area contributed by atoms with E-state index in [0.29, 0.717) is 34.9 Å². The molecule has 0 spiro atoms. The Morgan fingerprint density at radius 1 is 1.22 bits per heavy atom. The van der Waals surface area contributed by atoms with Crippen molar-refractivity contribution in [2.75, 3.05) is 19.0 Å². The number of methoxy groups -OCH3 is 1. The van der Waals surface area contributed by atoms with E-state index in [2.05, 4.69) is 5.32 Å². The molecule has 1 aliphatic heterocycles. The van der Waals surface area contributed by atoms with Crippen LogP contribution < -0.4 is 14.8 Å². The first-order chi connectivity index (χ1) is 15.4. The monoisotopic (exact) mass is 455 g/mol. The number of aromatic carboxylic acids is 1. The number of fused-ring (bicyclic) bond motifs is 1. The third-order valence-electron chi connectivity index (χ3n) is 5.28. The molecule has 2 heterocycles. The highest BCUT2D eigenvalue weighted by Gasteiger charge is 2.34. The standard InChI is InChI=1S/C24H22FNO5S/c1-3-10-31-17-9-6-14(11-18(17)30-2)16-12-19(27)26-21-20(13-4-7-15(25)8-5-13)23(24(28)29)32-22(16)21/h4-9,11,16H,3,10,12H2,1-2H3,(H,26,27)(H,28,29). The fourth-order valence-electron chi connectivity index (χ4n) is 3.83. The molecule has 0 saturated heterocycles. The lowest BCUT2D eigenvalue weighted by Gasteiger charge is -2.24. The second-order valence-corrected chi connectivity index (χ2v) is 8.47. The third-order valence-corrected chi connectivity index (χ3v) is 6.58. The van der Waals surface area contributed by atoms with Gasteiger partial charge in [-0.3, -0.25) is 4.79 Å². The minimum atomic E-state index is -1.10. The molecule has 4 rings (SSSR count). The number of carboxylic acids is 1. The topological polar surface area (TPSA) is 84.9 Å². The SMILES string of the molecule is CCCOc1ccc(C2CC(=O)Nc3c2sc(C(=O)O)c3-c2ccc(F)cc2)cc1OC. The molecule has 0 fully saturated rings. The lowest BCUT2D eigenvalue weighted by Crippen LogP contribution is -2.22. The van der Waals surface area contributed by atoms with Crippen LogP contribution in [0.3, 0.4) is 0 Å². The summed E-state index contributed by atoms with van der Waals surface area (Å²) in [6, 6.07) is 11.1. The molecule has 1 atom stereocenters. The summed E-state index contributed by atoms with van der Waals surface area (Å²) in [6.07, 6.45) is 1.03. The molecule has 6 nitrogen and oxygen atoms in total. The summed E-state index contributed by atoms with van der Waals surface area (Å²) >= 11 is 1.13. The van der Waals surface area contributed by atoms with Crippen molar-refractivity contribution in [2.24, 2.45) is 0 Å². The van der Waals surface area contributed by atoms with E-state index in [4.69, 9.17) is 9.47 Å². The van der Waals surface area contributed by atoms with Crippen LogP contribution in [0.2, 0.25) is 0 Å². The summed E-state index contributed by atoms with van der Waals surface area (Å²) in [5.41, 5.74) is 2.21. The van der Waals surface area contributed by atoms with E-state index in [-0.39, 0.29) is 23.1 Å². The Labute approximate surface area is 188 Å². The van der Waals surface area contributed by atoms with E-state index in [1.807, 2.05) is 25.1 Å². The molecule has 1 aromatic heterocycles. The van der Waals surface area contributed by atoms with Gasteiger partial charge in [0.05, 0.1) is 19.4 Å². The lowest BCUT2D eigenvalue weighted by molar-refractivity contribution is -0.116. The van der Waals surface area contributed by atoms with Crippen molar-refractivity contribution in [1.82, 2.24) is 0 Å². The Bertz CT molecular complexity index is 1170. The van der Waals surface area contributed by atoms with Gasteiger partial charge in [-0.15, -0.1) is 11.3 Å². The Morgan fingerprint density at radius 2 is 1.97 bits per heavy atom. The molecule has 3 aromatic rings. The fourth-order valence-corrected chi connectivity index (χ4v) is 5.08. The molecule has 1 amide bonds. The van der Waals surface area contributed by atoms with Crippen molar-refractivity contribution in [3.05, 3.63) is 63.6 Å². The molecule has 1 aliphatic rings. The van der Waals surface area contributed by atoms with Crippen LogP contribution in [0, 0.1) is 5.82 Å². The molecule has 166 valence electrons. The molecule has 0 saturated carbocycles. The van der Waals surface area contributed by atoms with Gasteiger partial charge in [0.25, 0.3) is 0 Å². The average Bonchev–Trinajstić information content (AvgIpc) is 3.17. The van der Waals surface area contributed by atoms with Crippen LogP contribution in [0.25, 0.3) is 11.1 Å². The smallest absolute Gasteiger partial charge is 0.346 e. The van der Waals surface area contributed by atoms with Crippen LogP contribution in [-0.2, 0) is 4.79 Å². The first-order valence-electron chi connectivity index (χ1n) is 10.2. The zero-order valence-corrected chi connectivity index (χ0v) is 18.4. The van der Waals surface area contributed by atoms with Crippen molar-refractivity contribution >= 4 is 28.9 Å². The minimum absolute atomic E-state index is 0.101. The maximum atomic E-state index is 13.4. The van der Waals surface area contributed by atoms with Crippen LogP contribution in [0.1, 0.15) is 45.8 Å². The summed E-state index contributed by atoms with van der Waals surface area (Å²) in [4.78, 5) is 25.5. The van der Waals surface area contributed by atoms with Gasteiger partial charge in [-0.1, -0.05) is 25.1 Å². The van der Waals surface area contributed by atoms with Crippen LogP contribution in [-0.4, -0.2) is 30.7 Å². The number of halogens is 1. The van der Waals surface area contributed by atoms with Crippen molar-refractivity contribution in [3.63, 3.8) is 0 Å². The van der Waals surface area contributed by atoms with Crippen LogP contribution in [0.4, 0.5) is 10.1 Å². The quantitative estimate of drug-likeness (QED) is 0.490. The Morgan fingerprint density at radius 3 is 2.62 bits per heavy atom. The van der Waals surface area contributed by atoms with Crippen LogP contribution in [0.15, 0.2) is 42.5 Å². The number of thiophene rings is 1. The number of hydrogen-bond donors (Lipinski definition) is 2. The molecule has 0 radical (unpaired) electrons. The second kappa shape index (κ2) is 9.00. The maximum absolute atomic E-state index is 13.4. The number of carbonyl (C=O) groups is 2. The average molecular weight is 456 g/mol. The number of hydrogen-bond acceptors (Lipinski definition) is 5. The number of carboxylic acid groups (broad SMARTS) is 1. The van der Waals surface area contributed by atoms with E-state index in [0.717, 1.165) is 28.2 Å². The summed E-state index contributed by atoms with van der Waals surface area (Å²) in [5.74, 6) is -0.914. The van der Waals surface area contributed by atoms with E-state index >= 15 is 0 Å². The van der Waals surface area contributed by atoms with E-state index in [1.54, 1.807) is 7.11 Å². The van der Waals surface area contributed by atoms with Crippen molar-refractivity contribution in [3.8, 4) is 22.6 Å². The Balaban J connectivity index is 1.83. The highest BCUT2D eigenvalue weighted by molar-refractivity contribution is 7.15. The molecule has 2 aromatic carbocycles. The summed E-state index contributed by atoms with van der Waals surface area (Å²) in [7, 11) is 1.55. The Hall–Kier alpha value is -3.39. The first kappa shape index (κ1) is 21.8. The van der Waals surface area contributed by atoms with Gasteiger partial charge in [0.2, 0.25) is 5.91 Å². The van der Waals surface area contributed by atoms with Crippen molar-refractivity contribution in [2.45, 2.75) is 25.7 Å². The molecular formula is C24H22FNO5S. The van der Waals surface area contributed by atoms with Gasteiger partial charge in [-0.2, -0.15) is 0 Å². The number of anilines is 1. The van der Waals surface area contributed by atoms with Crippen molar-refractivity contribution in [1.29, 1.82) is 0 Å². The zero-order chi connectivity index (χ0) is 22.8. The number of nitrogens with one attached hydrogen (secondary N) is 1. The molecule has 0 aliphatic carbocycles. The van der Waals surface area contributed by atoms with E-state index in [9.17, 15) is 19.1 Å². The molecular weight excluding hydrogens is 433 g/mol. The molecule has 2 N–H and O–H groups in total. The Kier molecular flexibility index (Phi) is 6.14. The van der Waals surface area contributed by atoms with Gasteiger partial charge in [-0.05, 0) is 41.8 Å². The third kappa shape index (κ3) is 4.05. The predicted molar refractivity (Wildman–Crippen MR) is 121 cm³/mol. The fraction of sp³-hybridized carbons (Fsp3) is 0.250. The predicted octanol–water partition coefficient (Wildman–Crippen LogP) is 5.52. The lowest BCUT2D eigenvalue weighted by atomic mass is 9.88. The van der Waals surface area contributed by atoms with Crippen LogP contribution >= 0.6 is 11.3 Å². The van der Waals surface area contributed by atoms with E-state index < -0.39 is 11.8 Å². The van der Waals surface area contributed by atoms with E-state index in [1.165, 1.54) is 24.3 Å². The van der Waals surface area contributed by atoms with Gasteiger partial charge in [0.1, 0.15) is 10.7 Å². The number of ether oxygens (including phenoxy) is 2. The number of amides is 1. The van der Waals surface area contributed by atoms with Gasteiger partial charge >= 0.3 is 5.97 Å². The normalized spacial score (nSPS) is 15.1. The second-order valence-electron chi connectivity index (χ2n) is 7.42. The first-order valence-corrected chi connectivity index (χ1v) is 11.0. The number of carbonyl (C=O) groups excluding carboxylic acids is 1. The number of benzene rings is 2. The molecule has 8 heteroatoms. The zero-order valence-electron chi connectivity index (χ0n) is 17.6. The summed E-state index contributed by atoms with van der Waals surface area (Å²) < 4.78 is 24.7. The highest BCUT2D eigenvalue weighted by Crippen LogP contribution is 2.50. The highest BCUT2D eigenvalue weighted by atomic mass is 32.1. The largest absolute Gasteiger partial charge is 0.493 e. The maximum Gasteiger partial charge on any atom is 0.346 e. The molecule has 0 bridgehead atoms. The van der Waals surface area contributed by atoms with Crippen LogP contribution in [0.5, 0.6) is 11.5 Å². The van der Waals surface area contributed by atoms with Gasteiger partial charge in [0, 0.05) is 22.8 Å². The summed E-state index contributed by atoms with van der Waals surface area (Å²) in [5, 5.41) is 12.7. The number of rotatable bonds is 7. The summed E-state index contributed by atoms with van der Waals surface area (Å²) in [6.45, 7) is 2.57. The molecule has 1 unspecified atom stereocenters. The minimum Gasteiger partial charge on any atom is -0.493 e. The van der Waals surface area contributed by atoms with Gasteiger partial charge < -0.3 is 19.9 Å². The molecule has 32 heavy (non-hydrogen) atoms.